The van der Waals surface area contributed by atoms with Gasteiger partial charge in [0.15, 0.2) is 0 Å². The Kier molecular flexibility index (Phi) is 1.58. The Morgan fingerprint density at radius 2 is 2.27 bits per heavy atom. The summed E-state index contributed by atoms with van der Waals surface area (Å²) in [5.41, 5.74) is 5.21. The van der Waals surface area contributed by atoms with E-state index in [0.29, 0.717) is 6.04 Å². The van der Waals surface area contributed by atoms with Crippen molar-refractivity contribution < 1.29 is 4.79 Å². The quantitative estimate of drug-likeness (QED) is 0.434. The number of hydrogen-bond acceptors (Lipinski definition) is 3. The molecule has 4 heteroatoms. The second-order valence-corrected chi connectivity index (χ2v) is 3.34. The standard InChI is InChI=1S/C7H13N3O/c8-7(11)6-5-2-1-4(10-5)3-9-6/h4-6,9-10H,1-3H2,(H2,8,11). The Hall–Kier alpha value is -0.610. The Bertz CT molecular complexity index is 183. The molecule has 0 aliphatic carbocycles. The number of amides is 1. The SMILES string of the molecule is NC(=O)C1NCC2CCC1N2. The fourth-order valence-corrected chi connectivity index (χ4v) is 1.98. The van der Waals surface area contributed by atoms with Gasteiger partial charge in [-0.15, -0.1) is 0 Å². The van der Waals surface area contributed by atoms with Crippen LogP contribution >= 0.6 is 0 Å². The highest BCUT2D eigenvalue weighted by atomic mass is 16.1. The minimum absolute atomic E-state index is 0.145. The summed E-state index contributed by atoms with van der Waals surface area (Å²) < 4.78 is 0. The molecule has 4 N–H and O–H groups in total. The molecule has 2 aliphatic rings. The van der Waals surface area contributed by atoms with Gasteiger partial charge in [0.05, 0.1) is 0 Å². The van der Waals surface area contributed by atoms with Crippen LogP contribution in [0.2, 0.25) is 0 Å². The Labute approximate surface area is 65.5 Å². The zero-order valence-electron chi connectivity index (χ0n) is 6.34. The summed E-state index contributed by atoms with van der Waals surface area (Å²) in [4.78, 5) is 10.9. The molecule has 62 valence electrons. The molecule has 2 saturated heterocycles. The Morgan fingerprint density at radius 1 is 1.45 bits per heavy atom. The van der Waals surface area contributed by atoms with Crippen molar-refractivity contribution in [1.29, 1.82) is 0 Å². The van der Waals surface area contributed by atoms with E-state index in [9.17, 15) is 4.79 Å². The van der Waals surface area contributed by atoms with Crippen LogP contribution < -0.4 is 16.4 Å². The smallest absolute Gasteiger partial charge is 0.236 e. The maximum Gasteiger partial charge on any atom is 0.236 e. The first kappa shape index (κ1) is 7.06. The lowest BCUT2D eigenvalue weighted by Gasteiger charge is -2.28. The van der Waals surface area contributed by atoms with Crippen molar-refractivity contribution in [2.75, 3.05) is 6.54 Å². The van der Waals surface area contributed by atoms with Crippen LogP contribution in [-0.2, 0) is 4.79 Å². The van der Waals surface area contributed by atoms with Gasteiger partial charge in [0.25, 0.3) is 0 Å². The van der Waals surface area contributed by atoms with Crippen LogP contribution in [0, 0.1) is 0 Å². The van der Waals surface area contributed by atoms with Gasteiger partial charge in [-0.25, -0.2) is 0 Å². The highest BCUT2D eigenvalue weighted by Crippen LogP contribution is 2.18. The van der Waals surface area contributed by atoms with Gasteiger partial charge in [-0.05, 0) is 12.8 Å². The van der Waals surface area contributed by atoms with E-state index in [1.807, 2.05) is 0 Å². The van der Waals surface area contributed by atoms with Crippen LogP contribution in [0.4, 0.5) is 0 Å². The molecule has 11 heavy (non-hydrogen) atoms. The molecule has 3 atom stereocenters. The number of piperazine rings is 1. The predicted molar refractivity (Wildman–Crippen MR) is 40.9 cm³/mol. The van der Waals surface area contributed by atoms with E-state index in [2.05, 4.69) is 10.6 Å². The molecule has 3 unspecified atom stereocenters. The number of rotatable bonds is 1. The lowest BCUT2D eigenvalue weighted by Crippen LogP contribution is -2.60. The van der Waals surface area contributed by atoms with E-state index in [-0.39, 0.29) is 18.0 Å². The van der Waals surface area contributed by atoms with Gasteiger partial charge < -0.3 is 16.4 Å². The molecule has 0 aromatic heterocycles. The Balaban J connectivity index is 2.07. The highest BCUT2D eigenvalue weighted by molar-refractivity contribution is 5.81. The minimum atomic E-state index is -0.233. The predicted octanol–water partition coefficient (Wildman–Crippen LogP) is -1.44. The molecule has 0 aromatic rings. The summed E-state index contributed by atoms with van der Waals surface area (Å²) in [7, 11) is 0. The molecule has 0 spiro atoms. The molecule has 2 bridgehead atoms. The van der Waals surface area contributed by atoms with Crippen molar-refractivity contribution >= 4 is 5.91 Å². The lowest BCUT2D eigenvalue weighted by molar-refractivity contribution is -0.120. The zero-order chi connectivity index (χ0) is 7.84. The first-order valence-corrected chi connectivity index (χ1v) is 4.06. The van der Waals surface area contributed by atoms with Crippen LogP contribution in [0.5, 0.6) is 0 Å². The van der Waals surface area contributed by atoms with Crippen LogP contribution in [-0.4, -0.2) is 30.6 Å². The van der Waals surface area contributed by atoms with Gasteiger partial charge in [-0.3, -0.25) is 4.79 Å². The number of carbonyl (C=O) groups is 1. The number of fused-ring (bicyclic) bond motifs is 2. The second-order valence-electron chi connectivity index (χ2n) is 3.34. The first-order chi connectivity index (χ1) is 5.27. The molecule has 1 amide bonds. The fraction of sp³-hybridized carbons (Fsp3) is 0.857. The van der Waals surface area contributed by atoms with Crippen LogP contribution in [0.3, 0.4) is 0 Å². The molecule has 0 aromatic carbocycles. The third-order valence-electron chi connectivity index (χ3n) is 2.57. The first-order valence-electron chi connectivity index (χ1n) is 4.06. The van der Waals surface area contributed by atoms with Gasteiger partial charge in [0, 0.05) is 18.6 Å². The highest BCUT2D eigenvalue weighted by Gasteiger charge is 2.37. The third-order valence-corrected chi connectivity index (χ3v) is 2.57. The fourth-order valence-electron chi connectivity index (χ4n) is 1.98. The maximum atomic E-state index is 10.9. The molecule has 2 fully saturated rings. The molecular weight excluding hydrogens is 142 g/mol. The van der Waals surface area contributed by atoms with Crippen molar-refractivity contribution in [3.05, 3.63) is 0 Å². The number of nitrogens with two attached hydrogens (primary N) is 1. The Morgan fingerprint density at radius 3 is 3.00 bits per heavy atom. The summed E-state index contributed by atoms with van der Waals surface area (Å²) in [5.74, 6) is -0.233. The molecule has 4 nitrogen and oxygen atoms in total. The van der Waals surface area contributed by atoms with E-state index in [1.165, 1.54) is 6.42 Å². The largest absolute Gasteiger partial charge is 0.368 e. The van der Waals surface area contributed by atoms with E-state index in [0.717, 1.165) is 13.0 Å². The molecule has 0 saturated carbocycles. The van der Waals surface area contributed by atoms with Crippen molar-refractivity contribution in [2.45, 2.75) is 31.0 Å². The van der Waals surface area contributed by atoms with Gasteiger partial charge in [-0.1, -0.05) is 0 Å². The second kappa shape index (κ2) is 2.46. The summed E-state index contributed by atoms with van der Waals surface area (Å²) in [6, 6.07) is 0.704. The number of carbonyl (C=O) groups excluding carboxylic acids is 1. The molecular formula is C7H13N3O. The summed E-state index contributed by atoms with van der Waals surface area (Å²) in [5, 5.41) is 6.50. The van der Waals surface area contributed by atoms with Crippen molar-refractivity contribution in [1.82, 2.24) is 10.6 Å². The maximum absolute atomic E-state index is 10.9. The summed E-state index contributed by atoms with van der Waals surface area (Å²) in [6.07, 6.45) is 2.24. The van der Waals surface area contributed by atoms with Crippen LogP contribution in [0.15, 0.2) is 0 Å². The molecule has 2 rings (SSSR count). The molecule has 2 aliphatic heterocycles. The normalized spacial score (nSPS) is 42.4. The average molecular weight is 155 g/mol. The van der Waals surface area contributed by atoms with Gasteiger partial charge in [-0.2, -0.15) is 0 Å². The lowest BCUT2D eigenvalue weighted by atomic mass is 10.1. The van der Waals surface area contributed by atoms with E-state index >= 15 is 0 Å². The number of primary amides is 1. The van der Waals surface area contributed by atoms with Crippen molar-refractivity contribution in [3.8, 4) is 0 Å². The summed E-state index contributed by atoms with van der Waals surface area (Å²) in [6.45, 7) is 0.879. The summed E-state index contributed by atoms with van der Waals surface area (Å²) >= 11 is 0. The van der Waals surface area contributed by atoms with Gasteiger partial charge in [0.1, 0.15) is 6.04 Å². The average Bonchev–Trinajstić information content (AvgIpc) is 2.32. The topological polar surface area (TPSA) is 67.2 Å². The molecule has 0 radical (unpaired) electrons. The monoisotopic (exact) mass is 155 g/mol. The number of nitrogens with one attached hydrogen (secondary N) is 2. The van der Waals surface area contributed by atoms with E-state index in [4.69, 9.17) is 5.73 Å². The zero-order valence-corrected chi connectivity index (χ0v) is 6.34. The molecule has 2 heterocycles. The number of hydrogen-bond donors (Lipinski definition) is 3. The van der Waals surface area contributed by atoms with Crippen LogP contribution in [0.25, 0.3) is 0 Å². The van der Waals surface area contributed by atoms with E-state index < -0.39 is 0 Å². The van der Waals surface area contributed by atoms with Crippen molar-refractivity contribution in [2.24, 2.45) is 5.73 Å². The minimum Gasteiger partial charge on any atom is -0.368 e. The third kappa shape index (κ3) is 1.12. The van der Waals surface area contributed by atoms with Gasteiger partial charge in [0.2, 0.25) is 5.91 Å². The van der Waals surface area contributed by atoms with Crippen molar-refractivity contribution in [3.63, 3.8) is 0 Å². The van der Waals surface area contributed by atoms with Crippen LogP contribution in [0.1, 0.15) is 12.8 Å². The van der Waals surface area contributed by atoms with E-state index in [1.54, 1.807) is 0 Å². The van der Waals surface area contributed by atoms with Gasteiger partial charge >= 0.3 is 0 Å².